The van der Waals surface area contributed by atoms with Crippen LogP contribution in [0.25, 0.3) is 0 Å². The van der Waals surface area contributed by atoms with Crippen molar-refractivity contribution in [1.82, 2.24) is 9.27 Å². The van der Waals surface area contributed by atoms with Crippen LogP contribution in [0.4, 0.5) is 9.80 Å². The average molecular weight is 294 g/mol. The first-order valence-electron chi connectivity index (χ1n) is 6.93. The van der Waals surface area contributed by atoms with Gasteiger partial charge in [-0.1, -0.05) is 26.7 Å². The van der Waals surface area contributed by atoms with E-state index >= 15 is 0 Å². The van der Waals surface area contributed by atoms with Crippen LogP contribution in [0.1, 0.15) is 56.7 Å². The number of amides is 2. The molecule has 1 aromatic rings. The number of rotatable bonds is 6. The molecule has 0 aliphatic carbocycles. The minimum Gasteiger partial charge on any atom is -0.331 e. The molecule has 0 aliphatic rings. The molecule has 1 N–H and O–H groups in total. The molecule has 0 bridgehead atoms. The number of urea groups is 1. The lowest BCUT2D eigenvalue weighted by Gasteiger charge is -2.13. The molecule has 0 fully saturated rings. The zero-order valence-electron chi connectivity index (χ0n) is 12.6. The summed E-state index contributed by atoms with van der Waals surface area (Å²) in [6.07, 6.45) is 4.25. The zero-order chi connectivity index (χ0) is 15.1. The first kappa shape index (κ1) is 16.4. The molecule has 0 aromatic carbocycles. The number of carbonyl (C=O) groups excluding carboxylic acids is 1. The molecular formula is C14H22N4OS. The largest absolute Gasteiger partial charge is 0.331 e. The fraction of sp³-hybridized carbons (Fsp3) is 0.643. The Balaban J connectivity index is 2.97. The van der Waals surface area contributed by atoms with Gasteiger partial charge in [0.2, 0.25) is 0 Å². The van der Waals surface area contributed by atoms with Crippen molar-refractivity contribution in [2.45, 2.75) is 45.4 Å². The maximum absolute atomic E-state index is 11.7. The van der Waals surface area contributed by atoms with E-state index in [9.17, 15) is 10.1 Å². The summed E-state index contributed by atoms with van der Waals surface area (Å²) in [6, 6.07) is 1.96. The molecule has 0 saturated carbocycles. The van der Waals surface area contributed by atoms with Crippen molar-refractivity contribution < 1.29 is 4.79 Å². The SMILES string of the molecule is CCCCC(CC)c1nsc(NC(=O)N(C)C)c1C#N. The number of hydrogen-bond donors (Lipinski definition) is 1. The van der Waals surface area contributed by atoms with Crippen LogP contribution in [0.5, 0.6) is 0 Å². The van der Waals surface area contributed by atoms with Gasteiger partial charge in [-0.3, -0.25) is 5.32 Å². The van der Waals surface area contributed by atoms with E-state index in [-0.39, 0.29) is 6.03 Å². The summed E-state index contributed by atoms with van der Waals surface area (Å²) < 4.78 is 4.41. The van der Waals surface area contributed by atoms with E-state index in [1.807, 2.05) is 0 Å². The Morgan fingerprint density at radius 2 is 2.20 bits per heavy atom. The summed E-state index contributed by atoms with van der Waals surface area (Å²) >= 11 is 1.19. The molecule has 1 unspecified atom stereocenters. The van der Waals surface area contributed by atoms with Crippen molar-refractivity contribution in [2.24, 2.45) is 0 Å². The Kier molecular flexibility index (Phi) is 6.46. The molecular weight excluding hydrogens is 272 g/mol. The first-order valence-corrected chi connectivity index (χ1v) is 7.70. The summed E-state index contributed by atoms with van der Waals surface area (Å²) in [5.74, 6) is 0.297. The molecule has 2 amide bonds. The van der Waals surface area contributed by atoms with Gasteiger partial charge in [0.1, 0.15) is 16.6 Å². The van der Waals surface area contributed by atoms with E-state index < -0.39 is 0 Å². The standard InChI is InChI=1S/C14H22N4OS/c1-5-7-8-10(6-2)12-11(9-15)13(20-17-12)16-14(19)18(3)4/h10H,5-8H2,1-4H3,(H,16,19). The van der Waals surface area contributed by atoms with E-state index in [0.29, 0.717) is 16.5 Å². The minimum atomic E-state index is -0.238. The molecule has 0 aliphatic heterocycles. The van der Waals surface area contributed by atoms with Gasteiger partial charge in [0.25, 0.3) is 0 Å². The third-order valence-electron chi connectivity index (χ3n) is 3.24. The normalized spacial score (nSPS) is 11.8. The highest BCUT2D eigenvalue weighted by Gasteiger charge is 2.22. The molecule has 20 heavy (non-hydrogen) atoms. The Bertz CT molecular complexity index is 490. The predicted octanol–water partition coefficient (Wildman–Crippen LogP) is 3.79. The quantitative estimate of drug-likeness (QED) is 0.867. The van der Waals surface area contributed by atoms with Gasteiger partial charge >= 0.3 is 6.03 Å². The molecule has 1 rings (SSSR count). The third-order valence-corrected chi connectivity index (χ3v) is 4.02. The van der Waals surface area contributed by atoms with Crippen LogP contribution in [-0.2, 0) is 0 Å². The summed E-state index contributed by atoms with van der Waals surface area (Å²) in [4.78, 5) is 13.1. The van der Waals surface area contributed by atoms with E-state index in [2.05, 4.69) is 29.6 Å². The van der Waals surface area contributed by atoms with Gasteiger partial charge in [0.05, 0.1) is 5.69 Å². The van der Waals surface area contributed by atoms with Crippen LogP contribution in [0.15, 0.2) is 0 Å². The number of carbonyl (C=O) groups is 1. The lowest BCUT2D eigenvalue weighted by atomic mass is 9.93. The number of anilines is 1. The van der Waals surface area contributed by atoms with Crippen molar-refractivity contribution in [3.63, 3.8) is 0 Å². The average Bonchev–Trinajstić information content (AvgIpc) is 2.82. The maximum atomic E-state index is 11.7. The lowest BCUT2D eigenvalue weighted by Crippen LogP contribution is -2.27. The molecule has 1 heterocycles. The van der Waals surface area contributed by atoms with E-state index in [1.165, 1.54) is 16.4 Å². The van der Waals surface area contributed by atoms with Gasteiger partial charge in [0.15, 0.2) is 0 Å². The number of nitriles is 1. The Morgan fingerprint density at radius 1 is 1.50 bits per heavy atom. The van der Waals surface area contributed by atoms with Gasteiger partial charge < -0.3 is 4.90 Å². The van der Waals surface area contributed by atoms with Crippen LogP contribution in [0, 0.1) is 11.3 Å². The number of aromatic nitrogens is 1. The first-order chi connectivity index (χ1) is 9.54. The number of nitrogens with one attached hydrogen (secondary N) is 1. The highest BCUT2D eigenvalue weighted by molar-refractivity contribution is 7.10. The number of nitrogens with zero attached hydrogens (tertiary/aromatic N) is 3. The topological polar surface area (TPSA) is 69.0 Å². The van der Waals surface area contributed by atoms with E-state index in [0.717, 1.165) is 31.4 Å². The van der Waals surface area contributed by atoms with Gasteiger partial charge in [-0.15, -0.1) is 0 Å². The van der Waals surface area contributed by atoms with Gasteiger partial charge in [-0.05, 0) is 24.4 Å². The summed E-state index contributed by atoms with van der Waals surface area (Å²) in [6.45, 7) is 4.26. The fourth-order valence-corrected chi connectivity index (χ4v) is 2.77. The molecule has 1 atom stereocenters. The number of unbranched alkanes of at least 4 members (excludes halogenated alkanes) is 1. The highest BCUT2D eigenvalue weighted by Crippen LogP contribution is 2.33. The van der Waals surface area contributed by atoms with E-state index in [1.54, 1.807) is 14.1 Å². The lowest BCUT2D eigenvalue weighted by molar-refractivity contribution is 0.231. The fourth-order valence-electron chi connectivity index (χ4n) is 1.97. The van der Waals surface area contributed by atoms with Gasteiger partial charge in [0, 0.05) is 20.0 Å². The summed E-state index contributed by atoms with van der Waals surface area (Å²) in [5, 5.41) is 12.7. The van der Waals surface area contributed by atoms with Crippen molar-refractivity contribution in [3.05, 3.63) is 11.3 Å². The second-order valence-corrected chi connectivity index (χ2v) is 5.73. The van der Waals surface area contributed by atoms with Crippen molar-refractivity contribution in [1.29, 1.82) is 5.26 Å². The number of hydrogen-bond acceptors (Lipinski definition) is 4. The third kappa shape index (κ3) is 3.94. The molecule has 0 spiro atoms. The Labute approximate surface area is 124 Å². The second-order valence-electron chi connectivity index (χ2n) is 4.96. The smallest absolute Gasteiger partial charge is 0.322 e. The van der Waals surface area contributed by atoms with Crippen LogP contribution < -0.4 is 5.32 Å². The predicted molar refractivity (Wildman–Crippen MR) is 82.1 cm³/mol. The van der Waals surface area contributed by atoms with Crippen LogP contribution in [0.3, 0.4) is 0 Å². The van der Waals surface area contributed by atoms with Crippen LogP contribution in [0.2, 0.25) is 0 Å². The van der Waals surface area contributed by atoms with E-state index in [4.69, 9.17) is 0 Å². The highest BCUT2D eigenvalue weighted by atomic mass is 32.1. The monoisotopic (exact) mass is 294 g/mol. The van der Waals surface area contributed by atoms with Gasteiger partial charge in [-0.25, -0.2) is 4.79 Å². The van der Waals surface area contributed by atoms with Crippen LogP contribution in [-0.4, -0.2) is 29.4 Å². The molecule has 0 saturated heterocycles. The van der Waals surface area contributed by atoms with Crippen molar-refractivity contribution >= 4 is 22.6 Å². The van der Waals surface area contributed by atoms with Crippen LogP contribution >= 0.6 is 11.5 Å². The molecule has 6 heteroatoms. The minimum absolute atomic E-state index is 0.238. The molecule has 5 nitrogen and oxygen atoms in total. The van der Waals surface area contributed by atoms with Crippen molar-refractivity contribution in [2.75, 3.05) is 19.4 Å². The second kappa shape index (κ2) is 7.85. The molecule has 1 aromatic heterocycles. The van der Waals surface area contributed by atoms with Crippen molar-refractivity contribution in [3.8, 4) is 6.07 Å². The Morgan fingerprint density at radius 3 is 2.70 bits per heavy atom. The molecule has 110 valence electrons. The maximum Gasteiger partial charge on any atom is 0.322 e. The summed E-state index contributed by atoms with van der Waals surface area (Å²) in [7, 11) is 3.33. The molecule has 0 radical (unpaired) electrons. The Hall–Kier alpha value is -1.61. The van der Waals surface area contributed by atoms with Gasteiger partial charge in [-0.2, -0.15) is 9.64 Å². The summed E-state index contributed by atoms with van der Waals surface area (Å²) in [5.41, 5.74) is 1.36. The zero-order valence-corrected chi connectivity index (χ0v) is 13.4.